The molecule has 1 aliphatic rings. The van der Waals surface area contributed by atoms with E-state index in [4.69, 9.17) is 0 Å². The lowest BCUT2D eigenvalue weighted by molar-refractivity contribution is 0.613. The number of hydrogen-bond acceptors (Lipinski definition) is 3. The molecule has 1 aromatic carbocycles. The third kappa shape index (κ3) is 3.13. The summed E-state index contributed by atoms with van der Waals surface area (Å²) in [5.41, 5.74) is 1.85. The quantitative estimate of drug-likeness (QED) is 0.892. The molecule has 0 unspecified atom stereocenters. The van der Waals surface area contributed by atoms with Crippen molar-refractivity contribution in [1.29, 1.82) is 0 Å². The minimum Gasteiger partial charge on any atom is -0.368 e. The SMILES string of the molecule is CNCc1cccc(F)c1N1CCCSCC1. The summed E-state index contributed by atoms with van der Waals surface area (Å²) in [4.78, 5) is 2.20. The van der Waals surface area contributed by atoms with Crippen molar-refractivity contribution in [1.82, 2.24) is 5.32 Å². The molecule has 17 heavy (non-hydrogen) atoms. The molecule has 0 amide bonds. The lowest BCUT2D eigenvalue weighted by Crippen LogP contribution is -2.28. The van der Waals surface area contributed by atoms with Crippen molar-refractivity contribution in [3.05, 3.63) is 29.6 Å². The molecule has 0 bridgehead atoms. The Balaban J connectivity index is 2.27. The molecule has 0 atom stereocenters. The van der Waals surface area contributed by atoms with E-state index < -0.39 is 0 Å². The van der Waals surface area contributed by atoms with Crippen LogP contribution in [0.4, 0.5) is 10.1 Å². The average molecular weight is 254 g/mol. The standard InChI is InChI=1S/C13H19FN2S/c1-15-10-11-4-2-5-12(14)13(11)16-6-3-8-17-9-7-16/h2,4-5,15H,3,6-10H2,1H3. The lowest BCUT2D eigenvalue weighted by Gasteiger charge is -2.25. The first-order valence-corrected chi connectivity index (χ1v) is 7.23. The van der Waals surface area contributed by atoms with E-state index in [2.05, 4.69) is 10.2 Å². The molecule has 1 saturated heterocycles. The second kappa shape index (κ2) is 6.26. The predicted octanol–water partition coefficient (Wildman–Crippen LogP) is 2.49. The third-order valence-corrected chi connectivity index (χ3v) is 4.02. The van der Waals surface area contributed by atoms with E-state index >= 15 is 0 Å². The van der Waals surface area contributed by atoms with Gasteiger partial charge >= 0.3 is 0 Å². The van der Waals surface area contributed by atoms with Gasteiger partial charge in [-0.15, -0.1) is 0 Å². The van der Waals surface area contributed by atoms with E-state index in [-0.39, 0.29) is 5.82 Å². The van der Waals surface area contributed by atoms with Gasteiger partial charge in [0.2, 0.25) is 0 Å². The highest BCUT2D eigenvalue weighted by Crippen LogP contribution is 2.26. The molecule has 1 aliphatic heterocycles. The van der Waals surface area contributed by atoms with Gasteiger partial charge < -0.3 is 10.2 Å². The Morgan fingerprint density at radius 1 is 1.35 bits per heavy atom. The third-order valence-electron chi connectivity index (χ3n) is 2.98. The molecule has 2 nitrogen and oxygen atoms in total. The summed E-state index contributed by atoms with van der Waals surface area (Å²) in [6.45, 7) is 2.63. The molecule has 1 fully saturated rings. The molecule has 1 aromatic rings. The normalized spacial score (nSPS) is 16.9. The van der Waals surface area contributed by atoms with Crippen LogP contribution in [-0.4, -0.2) is 31.6 Å². The van der Waals surface area contributed by atoms with Crippen molar-refractivity contribution in [2.24, 2.45) is 0 Å². The molecule has 0 aliphatic carbocycles. The maximum absolute atomic E-state index is 14.0. The number of benzene rings is 1. The van der Waals surface area contributed by atoms with Gasteiger partial charge in [-0.2, -0.15) is 11.8 Å². The van der Waals surface area contributed by atoms with Crippen LogP contribution in [0.2, 0.25) is 0 Å². The first kappa shape index (κ1) is 12.7. The number of anilines is 1. The summed E-state index contributed by atoms with van der Waals surface area (Å²) < 4.78 is 14.0. The van der Waals surface area contributed by atoms with E-state index in [1.807, 2.05) is 24.9 Å². The van der Waals surface area contributed by atoms with Crippen LogP contribution in [0.25, 0.3) is 0 Å². The maximum atomic E-state index is 14.0. The molecular weight excluding hydrogens is 235 g/mol. The summed E-state index contributed by atoms with van der Waals surface area (Å²) in [5, 5.41) is 3.11. The van der Waals surface area contributed by atoms with Crippen LogP contribution in [0.3, 0.4) is 0 Å². The van der Waals surface area contributed by atoms with Crippen molar-refractivity contribution in [3.8, 4) is 0 Å². The molecule has 4 heteroatoms. The van der Waals surface area contributed by atoms with Crippen LogP contribution in [0.15, 0.2) is 18.2 Å². The van der Waals surface area contributed by atoms with Crippen LogP contribution in [-0.2, 0) is 6.54 Å². The van der Waals surface area contributed by atoms with Gasteiger partial charge in [0, 0.05) is 25.4 Å². The highest BCUT2D eigenvalue weighted by molar-refractivity contribution is 7.99. The highest BCUT2D eigenvalue weighted by Gasteiger charge is 2.17. The van der Waals surface area contributed by atoms with E-state index in [1.54, 1.807) is 12.1 Å². The number of nitrogens with one attached hydrogen (secondary N) is 1. The molecule has 94 valence electrons. The zero-order chi connectivity index (χ0) is 12.1. The fourth-order valence-electron chi connectivity index (χ4n) is 2.22. The van der Waals surface area contributed by atoms with Gasteiger partial charge in [0.05, 0.1) is 5.69 Å². The molecule has 0 radical (unpaired) electrons. The van der Waals surface area contributed by atoms with Crippen LogP contribution in [0, 0.1) is 5.82 Å². The molecule has 1 N–H and O–H groups in total. The van der Waals surface area contributed by atoms with Crippen LogP contribution < -0.4 is 10.2 Å². The Labute approximate surface area is 107 Å². The van der Waals surface area contributed by atoms with Crippen LogP contribution in [0.5, 0.6) is 0 Å². The first-order chi connectivity index (χ1) is 8.33. The molecular formula is C13H19FN2S. The Kier molecular flexibility index (Phi) is 4.68. The zero-order valence-corrected chi connectivity index (χ0v) is 11.0. The summed E-state index contributed by atoms with van der Waals surface area (Å²) in [7, 11) is 1.90. The fraction of sp³-hybridized carbons (Fsp3) is 0.538. The largest absolute Gasteiger partial charge is 0.368 e. The molecule has 0 saturated carbocycles. The smallest absolute Gasteiger partial charge is 0.146 e. The van der Waals surface area contributed by atoms with E-state index in [9.17, 15) is 4.39 Å². The van der Waals surface area contributed by atoms with Gasteiger partial charge in [-0.1, -0.05) is 12.1 Å². The number of nitrogens with zero attached hydrogens (tertiary/aromatic N) is 1. The fourth-order valence-corrected chi connectivity index (χ4v) is 3.10. The van der Waals surface area contributed by atoms with Crippen molar-refractivity contribution in [2.75, 3.05) is 36.5 Å². The van der Waals surface area contributed by atoms with Gasteiger partial charge in [0.15, 0.2) is 0 Å². The van der Waals surface area contributed by atoms with Gasteiger partial charge in [0.25, 0.3) is 0 Å². The highest BCUT2D eigenvalue weighted by atomic mass is 32.2. The molecule has 2 rings (SSSR count). The summed E-state index contributed by atoms with van der Waals surface area (Å²) in [5.74, 6) is 2.18. The Bertz CT molecular complexity index is 362. The van der Waals surface area contributed by atoms with Crippen molar-refractivity contribution in [2.45, 2.75) is 13.0 Å². The van der Waals surface area contributed by atoms with Crippen LogP contribution >= 0.6 is 11.8 Å². The number of para-hydroxylation sites is 1. The Hall–Kier alpha value is -0.740. The topological polar surface area (TPSA) is 15.3 Å². The summed E-state index contributed by atoms with van der Waals surface area (Å²) in [6, 6.07) is 5.36. The van der Waals surface area contributed by atoms with Crippen molar-refractivity contribution < 1.29 is 4.39 Å². The second-order valence-corrected chi connectivity index (χ2v) is 5.46. The monoisotopic (exact) mass is 254 g/mol. The Morgan fingerprint density at radius 3 is 3.06 bits per heavy atom. The number of hydrogen-bond donors (Lipinski definition) is 1. The molecule has 0 spiro atoms. The number of halogens is 1. The second-order valence-electron chi connectivity index (χ2n) is 4.23. The maximum Gasteiger partial charge on any atom is 0.146 e. The van der Waals surface area contributed by atoms with E-state index in [0.717, 1.165) is 43.1 Å². The van der Waals surface area contributed by atoms with Gasteiger partial charge in [0.1, 0.15) is 5.82 Å². The number of thioether (sulfide) groups is 1. The first-order valence-electron chi connectivity index (χ1n) is 6.07. The molecule has 1 heterocycles. The number of rotatable bonds is 3. The van der Waals surface area contributed by atoms with Crippen LogP contribution in [0.1, 0.15) is 12.0 Å². The van der Waals surface area contributed by atoms with Crippen molar-refractivity contribution >= 4 is 17.4 Å². The van der Waals surface area contributed by atoms with E-state index in [1.165, 1.54) is 5.75 Å². The summed E-state index contributed by atoms with van der Waals surface area (Å²) in [6.07, 6.45) is 1.14. The summed E-state index contributed by atoms with van der Waals surface area (Å²) >= 11 is 1.96. The minimum absolute atomic E-state index is 0.0929. The Morgan fingerprint density at radius 2 is 2.24 bits per heavy atom. The molecule has 0 aromatic heterocycles. The zero-order valence-electron chi connectivity index (χ0n) is 10.2. The average Bonchev–Trinajstić information content (AvgIpc) is 2.58. The van der Waals surface area contributed by atoms with Gasteiger partial charge in [-0.3, -0.25) is 0 Å². The van der Waals surface area contributed by atoms with Crippen molar-refractivity contribution in [3.63, 3.8) is 0 Å². The minimum atomic E-state index is -0.0929. The lowest BCUT2D eigenvalue weighted by atomic mass is 10.1. The van der Waals surface area contributed by atoms with Gasteiger partial charge in [-0.25, -0.2) is 4.39 Å². The van der Waals surface area contributed by atoms with E-state index in [0.29, 0.717) is 0 Å². The van der Waals surface area contributed by atoms with Gasteiger partial charge in [-0.05, 0) is 30.9 Å². The predicted molar refractivity (Wildman–Crippen MR) is 73.3 cm³/mol.